The molecule has 106 valence electrons. The Morgan fingerprint density at radius 3 is 2.85 bits per heavy atom. The normalized spacial score (nSPS) is 10.5. The van der Waals surface area contributed by atoms with Crippen molar-refractivity contribution in [2.45, 2.75) is 18.4 Å². The molecule has 5 heteroatoms. The van der Waals surface area contributed by atoms with Crippen molar-refractivity contribution >= 4 is 23.4 Å². The fourth-order valence-electron chi connectivity index (χ4n) is 1.75. The fraction of sp³-hybridized carbons (Fsp3) is 0.267. The van der Waals surface area contributed by atoms with Crippen molar-refractivity contribution in [2.75, 3.05) is 18.5 Å². The zero-order chi connectivity index (χ0) is 14.5. The van der Waals surface area contributed by atoms with E-state index in [1.54, 1.807) is 18.2 Å². The minimum Gasteiger partial charge on any atom is -0.467 e. The molecule has 1 aromatic carbocycles. The summed E-state index contributed by atoms with van der Waals surface area (Å²) in [6.07, 6.45) is 1.61. The van der Waals surface area contributed by atoms with Crippen LogP contribution in [-0.2, 0) is 11.3 Å². The molecule has 20 heavy (non-hydrogen) atoms. The standard InChI is InChI=1S/C15H18N2O2S/c1-11-5-3-7-13(15(11)16)20-10-14(18)17(2)9-12-6-4-8-19-12/h3-8H,9-10,16H2,1-2H3. The Hall–Kier alpha value is -1.88. The fourth-order valence-corrected chi connectivity index (χ4v) is 2.74. The monoisotopic (exact) mass is 290 g/mol. The Balaban J connectivity index is 1.90. The summed E-state index contributed by atoms with van der Waals surface area (Å²) in [7, 11) is 1.77. The van der Waals surface area contributed by atoms with Crippen LogP contribution in [-0.4, -0.2) is 23.6 Å². The Morgan fingerprint density at radius 1 is 1.35 bits per heavy atom. The van der Waals surface area contributed by atoms with Crippen LogP contribution in [0.2, 0.25) is 0 Å². The van der Waals surface area contributed by atoms with Crippen molar-refractivity contribution in [1.82, 2.24) is 4.90 Å². The van der Waals surface area contributed by atoms with Crippen LogP contribution in [0.15, 0.2) is 45.9 Å². The number of furan rings is 1. The van der Waals surface area contributed by atoms with Crippen LogP contribution in [0.4, 0.5) is 5.69 Å². The van der Waals surface area contributed by atoms with Gasteiger partial charge in [-0.15, -0.1) is 11.8 Å². The van der Waals surface area contributed by atoms with Crippen molar-refractivity contribution in [3.8, 4) is 0 Å². The van der Waals surface area contributed by atoms with E-state index in [1.165, 1.54) is 11.8 Å². The quantitative estimate of drug-likeness (QED) is 0.679. The van der Waals surface area contributed by atoms with Gasteiger partial charge >= 0.3 is 0 Å². The van der Waals surface area contributed by atoms with E-state index in [2.05, 4.69) is 0 Å². The smallest absolute Gasteiger partial charge is 0.233 e. The van der Waals surface area contributed by atoms with Crippen LogP contribution in [0.1, 0.15) is 11.3 Å². The lowest BCUT2D eigenvalue weighted by Crippen LogP contribution is -2.27. The highest BCUT2D eigenvalue weighted by molar-refractivity contribution is 8.00. The summed E-state index contributed by atoms with van der Waals surface area (Å²) < 4.78 is 5.23. The number of benzene rings is 1. The third-order valence-corrected chi connectivity index (χ3v) is 4.09. The second-order valence-corrected chi connectivity index (χ2v) is 5.62. The van der Waals surface area contributed by atoms with Gasteiger partial charge in [-0.05, 0) is 30.7 Å². The molecule has 1 amide bonds. The summed E-state index contributed by atoms with van der Waals surface area (Å²) in [5, 5.41) is 0. The number of hydrogen-bond donors (Lipinski definition) is 1. The highest BCUT2D eigenvalue weighted by atomic mass is 32.2. The molecule has 0 radical (unpaired) electrons. The number of thioether (sulfide) groups is 1. The van der Waals surface area contributed by atoms with Gasteiger partial charge in [-0.25, -0.2) is 0 Å². The number of nitrogen functional groups attached to an aromatic ring is 1. The average Bonchev–Trinajstić information content (AvgIpc) is 2.93. The molecule has 2 rings (SSSR count). The molecule has 0 spiro atoms. The van der Waals surface area contributed by atoms with Gasteiger partial charge in [0.1, 0.15) is 5.76 Å². The molecule has 1 aromatic heterocycles. The molecular formula is C15H18N2O2S. The number of amides is 1. The van der Waals surface area contributed by atoms with Gasteiger partial charge in [0.15, 0.2) is 0 Å². The second kappa shape index (κ2) is 6.52. The van der Waals surface area contributed by atoms with E-state index in [4.69, 9.17) is 10.2 Å². The van der Waals surface area contributed by atoms with Gasteiger partial charge < -0.3 is 15.1 Å². The first-order valence-electron chi connectivity index (χ1n) is 6.32. The number of anilines is 1. The zero-order valence-electron chi connectivity index (χ0n) is 11.6. The molecule has 2 N–H and O–H groups in total. The lowest BCUT2D eigenvalue weighted by atomic mass is 10.2. The van der Waals surface area contributed by atoms with Crippen molar-refractivity contribution in [1.29, 1.82) is 0 Å². The molecule has 4 nitrogen and oxygen atoms in total. The Kier molecular flexibility index (Phi) is 4.74. The van der Waals surface area contributed by atoms with Crippen LogP contribution in [0.3, 0.4) is 0 Å². The molecule has 0 aliphatic heterocycles. The van der Waals surface area contributed by atoms with Gasteiger partial charge in [0.2, 0.25) is 5.91 Å². The van der Waals surface area contributed by atoms with Crippen LogP contribution in [0, 0.1) is 6.92 Å². The van der Waals surface area contributed by atoms with E-state index >= 15 is 0 Å². The first kappa shape index (κ1) is 14.5. The topological polar surface area (TPSA) is 59.5 Å². The molecule has 0 saturated carbocycles. The second-order valence-electron chi connectivity index (χ2n) is 4.60. The van der Waals surface area contributed by atoms with Crippen molar-refractivity contribution in [3.63, 3.8) is 0 Å². The SMILES string of the molecule is Cc1cccc(SCC(=O)N(C)Cc2ccco2)c1N. The van der Waals surface area contributed by atoms with Crippen LogP contribution in [0.25, 0.3) is 0 Å². The Morgan fingerprint density at radius 2 is 2.15 bits per heavy atom. The molecule has 0 saturated heterocycles. The average molecular weight is 290 g/mol. The van der Waals surface area contributed by atoms with Crippen molar-refractivity contribution in [3.05, 3.63) is 47.9 Å². The molecule has 0 fully saturated rings. The number of nitrogens with zero attached hydrogens (tertiary/aromatic N) is 1. The summed E-state index contributed by atoms with van der Waals surface area (Å²) in [4.78, 5) is 14.7. The number of para-hydroxylation sites is 1. The number of carbonyl (C=O) groups excluding carboxylic acids is 1. The summed E-state index contributed by atoms with van der Waals surface area (Å²) in [5.41, 5.74) is 7.78. The maximum absolute atomic E-state index is 12.1. The van der Waals surface area contributed by atoms with E-state index in [0.29, 0.717) is 12.3 Å². The molecule has 0 aliphatic carbocycles. The Labute approximate surface area is 122 Å². The van der Waals surface area contributed by atoms with E-state index in [0.717, 1.165) is 21.9 Å². The number of hydrogen-bond acceptors (Lipinski definition) is 4. The lowest BCUT2D eigenvalue weighted by Gasteiger charge is -2.16. The molecule has 0 unspecified atom stereocenters. The third kappa shape index (κ3) is 3.57. The molecule has 0 bridgehead atoms. The summed E-state index contributed by atoms with van der Waals surface area (Å²) in [6.45, 7) is 2.44. The minimum atomic E-state index is 0.0484. The predicted molar refractivity (Wildman–Crippen MR) is 81.5 cm³/mol. The predicted octanol–water partition coefficient (Wildman–Crippen LogP) is 2.92. The molecular weight excluding hydrogens is 272 g/mol. The number of carbonyl (C=O) groups is 1. The van der Waals surface area contributed by atoms with Crippen molar-refractivity contribution < 1.29 is 9.21 Å². The van der Waals surface area contributed by atoms with E-state index in [9.17, 15) is 4.79 Å². The summed E-state index contributed by atoms with van der Waals surface area (Å²) in [6, 6.07) is 9.52. The van der Waals surface area contributed by atoms with Gasteiger partial charge in [-0.3, -0.25) is 4.79 Å². The summed E-state index contributed by atoms with van der Waals surface area (Å²) in [5.74, 6) is 1.19. The maximum atomic E-state index is 12.1. The number of nitrogens with two attached hydrogens (primary N) is 1. The van der Waals surface area contributed by atoms with E-state index < -0.39 is 0 Å². The van der Waals surface area contributed by atoms with Gasteiger partial charge in [0.25, 0.3) is 0 Å². The van der Waals surface area contributed by atoms with E-state index in [1.807, 2.05) is 37.3 Å². The van der Waals surface area contributed by atoms with Gasteiger partial charge in [-0.1, -0.05) is 12.1 Å². The minimum absolute atomic E-state index is 0.0484. The van der Waals surface area contributed by atoms with Gasteiger partial charge in [0.05, 0.1) is 18.6 Å². The zero-order valence-corrected chi connectivity index (χ0v) is 12.4. The largest absolute Gasteiger partial charge is 0.467 e. The van der Waals surface area contributed by atoms with Crippen LogP contribution >= 0.6 is 11.8 Å². The molecule has 2 aromatic rings. The highest BCUT2D eigenvalue weighted by Crippen LogP contribution is 2.27. The lowest BCUT2D eigenvalue weighted by molar-refractivity contribution is -0.127. The first-order valence-corrected chi connectivity index (χ1v) is 7.30. The number of rotatable bonds is 5. The van der Waals surface area contributed by atoms with E-state index in [-0.39, 0.29) is 5.91 Å². The van der Waals surface area contributed by atoms with Crippen LogP contribution < -0.4 is 5.73 Å². The first-order chi connectivity index (χ1) is 9.58. The summed E-state index contributed by atoms with van der Waals surface area (Å²) >= 11 is 1.46. The molecule has 1 heterocycles. The highest BCUT2D eigenvalue weighted by Gasteiger charge is 2.12. The van der Waals surface area contributed by atoms with Crippen LogP contribution in [0.5, 0.6) is 0 Å². The molecule has 0 atom stereocenters. The van der Waals surface area contributed by atoms with Gasteiger partial charge in [-0.2, -0.15) is 0 Å². The van der Waals surface area contributed by atoms with Gasteiger partial charge in [0, 0.05) is 17.6 Å². The molecule has 0 aliphatic rings. The third-order valence-electron chi connectivity index (χ3n) is 3.03. The number of aryl methyl sites for hydroxylation is 1. The Bertz CT molecular complexity index is 582. The van der Waals surface area contributed by atoms with Crippen molar-refractivity contribution in [2.24, 2.45) is 0 Å². The maximum Gasteiger partial charge on any atom is 0.233 e.